The van der Waals surface area contributed by atoms with Gasteiger partial charge in [0.15, 0.2) is 0 Å². The molecule has 0 saturated carbocycles. The van der Waals surface area contributed by atoms with Gasteiger partial charge < -0.3 is 9.85 Å². The molecule has 2 aromatic carbocycles. The molecule has 0 fully saturated rings. The molecule has 2 aliphatic heterocycles. The molecule has 0 spiro atoms. The number of quaternary nitrogens is 1. The number of likely N-dealkylation sites (N-methyl/N-ethyl adjacent to an activating group) is 1. The molecule has 1 unspecified atom stereocenters. The van der Waals surface area contributed by atoms with Crippen LogP contribution in [-0.2, 0) is 12.0 Å². The Morgan fingerprint density at radius 1 is 1.05 bits per heavy atom. The van der Waals surface area contributed by atoms with Gasteiger partial charge in [0.1, 0.15) is 11.6 Å². The predicted octanol–water partition coefficient (Wildman–Crippen LogP) is 3.51. The van der Waals surface area contributed by atoms with Crippen molar-refractivity contribution in [3.8, 4) is 0 Å². The molecule has 2 heteroatoms. The van der Waals surface area contributed by atoms with Crippen LogP contribution in [0.2, 0.25) is 0 Å². The molecule has 2 nitrogen and oxygen atoms in total. The lowest BCUT2D eigenvalue weighted by atomic mass is 9.80. The van der Waals surface area contributed by atoms with Crippen LogP contribution in [0, 0.1) is 5.21 Å². The van der Waals surface area contributed by atoms with Crippen molar-refractivity contribution in [1.29, 1.82) is 0 Å². The van der Waals surface area contributed by atoms with Crippen molar-refractivity contribution in [2.24, 2.45) is 0 Å². The van der Waals surface area contributed by atoms with Crippen molar-refractivity contribution >= 4 is 0 Å². The van der Waals surface area contributed by atoms with Gasteiger partial charge in [0.05, 0.1) is 7.05 Å². The number of fused-ring (bicyclic) bond motifs is 7. The molecule has 2 heterocycles. The van der Waals surface area contributed by atoms with Crippen LogP contribution in [0.1, 0.15) is 35.2 Å². The van der Waals surface area contributed by atoms with Crippen LogP contribution in [0.25, 0.3) is 0 Å². The summed E-state index contributed by atoms with van der Waals surface area (Å²) in [6, 6.07) is 16.8. The smallest absolute Gasteiger partial charge is 0.148 e. The average molecular weight is 251 g/mol. The van der Waals surface area contributed by atoms with E-state index in [1.165, 1.54) is 22.3 Å². The molecule has 3 atom stereocenters. The topological polar surface area (TPSA) is 23.1 Å². The van der Waals surface area contributed by atoms with E-state index in [-0.39, 0.29) is 10.7 Å². The number of hydrogen-bond donors (Lipinski definition) is 0. The second kappa shape index (κ2) is 3.27. The standard InChI is InChI=1S/C17H17NO/c1-17-14-9-5-3-7-12(14)11-16(18(17,2)19)13-8-4-6-10-15(13)17/h3-10,16H,11H2,1-2H3/t16-,17+,18?/m1/s1. The maximum Gasteiger partial charge on any atom is 0.148 e. The molecule has 2 aromatic rings. The SMILES string of the molecule is C[C@]12c3ccccc3C[C@H](c3ccccc31)[N+]2(C)[O-]. The molecule has 0 radical (unpaired) electrons. The van der Waals surface area contributed by atoms with Crippen LogP contribution in [0.3, 0.4) is 0 Å². The Kier molecular flexibility index (Phi) is 1.93. The van der Waals surface area contributed by atoms with E-state index >= 15 is 0 Å². The second-order valence-electron chi connectivity index (χ2n) is 6.03. The zero-order chi connectivity index (χ0) is 13.3. The first-order chi connectivity index (χ1) is 9.07. The van der Waals surface area contributed by atoms with Gasteiger partial charge in [-0.05, 0) is 12.5 Å². The molecule has 19 heavy (non-hydrogen) atoms. The van der Waals surface area contributed by atoms with E-state index in [1.807, 2.05) is 25.2 Å². The summed E-state index contributed by atoms with van der Waals surface area (Å²) in [5.74, 6) is 0. The van der Waals surface area contributed by atoms with Gasteiger partial charge in [0.2, 0.25) is 0 Å². The lowest BCUT2D eigenvalue weighted by molar-refractivity contribution is -0.937. The first-order valence-corrected chi connectivity index (χ1v) is 6.82. The summed E-state index contributed by atoms with van der Waals surface area (Å²) in [5.41, 5.74) is 4.52. The van der Waals surface area contributed by atoms with E-state index in [0.29, 0.717) is 0 Å². The van der Waals surface area contributed by atoms with Gasteiger partial charge in [-0.1, -0.05) is 48.5 Å². The highest BCUT2D eigenvalue weighted by atomic mass is 16.6. The van der Waals surface area contributed by atoms with Crippen molar-refractivity contribution in [2.75, 3.05) is 7.05 Å². The Bertz CT molecular complexity index is 663. The van der Waals surface area contributed by atoms with E-state index in [4.69, 9.17) is 0 Å². The summed E-state index contributed by atoms with van der Waals surface area (Å²) in [7, 11) is 1.83. The van der Waals surface area contributed by atoms with Crippen molar-refractivity contribution < 1.29 is 4.65 Å². The van der Waals surface area contributed by atoms with Crippen LogP contribution in [0.15, 0.2) is 48.5 Å². The van der Waals surface area contributed by atoms with Crippen molar-refractivity contribution in [3.05, 3.63) is 76.0 Å². The van der Waals surface area contributed by atoms with Crippen LogP contribution in [-0.4, -0.2) is 11.7 Å². The minimum absolute atomic E-state index is 0.0381. The summed E-state index contributed by atoms with van der Waals surface area (Å²) in [5, 5.41) is 13.3. The summed E-state index contributed by atoms with van der Waals surface area (Å²) in [6.45, 7) is 2.11. The van der Waals surface area contributed by atoms with Crippen LogP contribution in [0.5, 0.6) is 0 Å². The average Bonchev–Trinajstić information content (AvgIpc) is 2.54. The van der Waals surface area contributed by atoms with Gasteiger partial charge >= 0.3 is 0 Å². The summed E-state index contributed by atoms with van der Waals surface area (Å²) >= 11 is 0. The number of hydroxylamine groups is 3. The molecule has 2 aliphatic rings. The second-order valence-corrected chi connectivity index (χ2v) is 6.03. The molecular formula is C17H17NO. The number of nitrogens with zero attached hydrogens (tertiary/aromatic N) is 1. The van der Waals surface area contributed by atoms with E-state index in [9.17, 15) is 5.21 Å². The minimum Gasteiger partial charge on any atom is -0.632 e. The molecule has 0 saturated heterocycles. The van der Waals surface area contributed by atoms with E-state index in [0.717, 1.165) is 6.42 Å². The van der Waals surface area contributed by atoms with Crippen LogP contribution < -0.4 is 0 Å². The van der Waals surface area contributed by atoms with Gasteiger partial charge in [0.25, 0.3) is 0 Å². The van der Waals surface area contributed by atoms with Gasteiger partial charge in [-0.2, -0.15) is 0 Å². The zero-order valence-corrected chi connectivity index (χ0v) is 11.3. The van der Waals surface area contributed by atoms with Crippen LogP contribution in [0.4, 0.5) is 0 Å². The van der Waals surface area contributed by atoms with Gasteiger partial charge in [0, 0.05) is 23.1 Å². The monoisotopic (exact) mass is 251 g/mol. The third-order valence-corrected chi connectivity index (χ3v) is 5.28. The Morgan fingerprint density at radius 2 is 1.68 bits per heavy atom. The highest BCUT2D eigenvalue weighted by molar-refractivity contribution is 5.51. The molecule has 0 aromatic heterocycles. The quantitative estimate of drug-likeness (QED) is 0.519. The largest absolute Gasteiger partial charge is 0.632 e. The third-order valence-electron chi connectivity index (χ3n) is 5.28. The Balaban J connectivity index is 2.12. The molecular weight excluding hydrogens is 234 g/mol. The highest BCUT2D eigenvalue weighted by Crippen LogP contribution is 2.58. The summed E-state index contributed by atoms with van der Waals surface area (Å²) in [4.78, 5) is 0. The molecule has 96 valence electrons. The fraction of sp³-hybridized carbons (Fsp3) is 0.294. The zero-order valence-electron chi connectivity index (χ0n) is 11.3. The molecule has 0 aliphatic carbocycles. The van der Waals surface area contributed by atoms with Crippen molar-refractivity contribution in [1.82, 2.24) is 0 Å². The maximum absolute atomic E-state index is 13.3. The lowest BCUT2D eigenvalue weighted by Gasteiger charge is -2.55. The number of hydrogen-bond acceptors (Lipinski definition) is 1. The fourth-order valence-electron chi connectivity index (χ4n) is 4.10. The molecule has 0 amide bonds. The normalized spacial score (nSPS) is 34.8. The van der Waals surface area contributed by atoms with Crippen LogP contribution >= 0.6 is 0 Å². The van der Waals surface area contributed by atoms with E-state index < -0.39 is 5.54 Å². The molecule has 4 rings (SSSR count). The molecule has 0 N–H and O–H groups in total. The lowest BCUT2D eigenvalue weighted by Crippen LogP contribution is -2.55. The van der Waals surface area contributed by atoms with Gasteiger partial charge in [-0.3, -0.25) is 0 Å². The number of rotatable bonds is 0. The third kappa shape index (κ3) is 1.10. The maximum atomic E-state index is 13.3. The number of benzene rings is 2. The highest BCUT2D eigenvalue weighted by Gasteiger charge is 2.58. The van der Waals surface area contributed by atoms with Gasteiger partial charge in [-0.15, -0.1) is 0 Å². The molecule has 2 bridgehead atoms. The Hall–Kier alpha value is -1.64. The van der Waals surface area contributed by atoms with Crippen molar-refractivity contribution in [3.63, 3.8) is 0 Å². The summed E-state index contributed by atoms with van der Waals surface area (Å²) < 4.78 is -0.205. The van der Waals surface area contributed by atoms with Crippen molar-refractivity contribution in [2.45, 2.75) is 24.9 Å². The predicted molar refractivity (Wildman–Crippen MR) is 75.3 cm³/mol. The Labute approximate surface area is 113 Å². The fourth-order valence-corrected chi connectivity index (χ4v) is 4.10. The Morgan fingerprint density at radius 3 is 2.47 bits per heavy atom. The van der Waals surface area contributed by atoms with Gasteiger partial charge in [-0.25, -0.2) is 0 Å². The minimum atomic E-state index is -0.462. The first-order valence-electron chi connectivity index (χ1n) is 6.82. The summed E-state index contributed by atoms with van der Waals surface area (Å²) in [6.07, 6.45) is 0.850. The first kappa shape index (κ1) is 11.2. The van der Waals surface area contributed by atoms with E-state index in [2.05, 4.69) is 37.3 Å². The van der Waals surface area contributed by atoms with E-state index in [1.54, 1.807) is 0 Å².